The van der Waals surface area contributed by atoms with Gasteiger partial charge in [0.15, 0.2) is 5.03 Å². The van der Waals surface area contributed by atoms with Crippen LogP contribution in [0.1, 0.15) is 5.82 Å². The van der Waals surface area contributed by atoms with Gasteiger partial charge in [-0.05, 0) is 19.1 Å². The Morgan fingerprint density at radius 1 is 1.38 bits per heavy atom. The summed E-state index contributed by atoms with van der Waals surface area (Å²) in [6.07, 6.45) is 1.47. The molecule has 0 aliphatic carbocycles. The second-order valence-corrected chi connectivity index (χ2v) is 6.24. The molecule has 0 radical (unpaired) electrons. The van der Waals surface area contributed by atoms with E-state index in [1.54, 1.807) is 42.8 Å². The molecule has 0 atom stereocenters. The van der Waals surface area contributed by atoms with E-state index >= 15 is 0 Å². The van der Waals surface area contributed by atoms with Crippen LogP contribution in [0, 0.1) is 6.92 Å². The SMILES string of the molecule is Cc1nc(S(=O)(=O)NCCOc2ccccc2N)cn1C. The van der Waals surface area contributed by atoms with Crippen LogP contribution in [-0.4, -0.2) is 31.1 Å². The van der Waals surface area contributed by atoms with Crippen LogP contribution in [0.3, 0.4) is 0 Å². The first-order valence-electron chi connectivity index (χ1n) is 6.37. The van der Waals surface area contributed by atoms with Gasteiger partial charge in [-0.1, -0.05) is 12.1 Å². The number of imidazole rings is 1. The van der Waals surface area contributed by atoms with Crippen molar-refractivity contribution >= 4 is 15.7 Å². The topological polar surface area (TPSA) is 99.2 Å². The lowest BCUT2D eigenvalue weighted by atomic mass is 10.3. The molecule has 0 fully saturated rings. The summed E-state index contributed by atoms with van der Waals surface area (Å²) >= 11 is 0. The van der Waals surface area contributed by atoms with Crippen LogP contribution in [-0.2, 0) is 17.1 Å². The molecule has 0 bridgehead atoms. The zero-order chi connectivity index (χ0) is 15.5. The fourth-order valence-electron chi connectivity index (χ4n) is 1.68. The summed E-state index contributed by atoms with van der Waals surface area (Å²) < 4.78 is 33.5. The van der Waals surface area contributed by atoms with Gasteiger partial charge in [0.1, 0.15) is 18.2 Å². The Bertz CT molecular complexity index is 705. The molecule has 3 N–H and O–H groups in total. The monoisotopic (exact) mass is 310 g/mol. The standard InChI is InChI=1S/C13H18N4O3S/c1-10-16-13(9-17(10)2)21(18,19)15-7-8-20-12-6-4-3-5-11(12)14/h3-6,9,15H,7-8,14H2,1-2H3. The van der Waals surface area contributed by atoms with Crippen molar-refractivity contribution in [3.05, 3.63) is 36.3 Å². The van der Waals surface area contributed by atoms with Crippen molar-refractivity contribution in [2.24, 2.45) is 7.05 Å². The molecule has 2 rings (SSSR count). The van der Waals surface area contributed by atoms with Crippen molar-refractivity contribution in [3.63, 3.8) is 0 Å². The van der Waals surface area contributed by atoms with Gasteiger partial charge in [-0.15, -0.1) is 0 Å². The number of nitrogens with one attached hydrogen (secondary N) is 1. The van der Waals surface area contributed by atoms with E-state index in [0.29, 0.717) is 17.3 Å². The van der Waals surface area contributed by atoms with Gasteiger partial charge in [0.2, 0.25) is 0 Å². The van der Waals surface area contributed by atoms with E-state index in [9.17, 15) is 8.42 Å². The molecule has 0 unspecified atom stereocenters. The third kappa shape index (κ3) is 3.73. The number of ether oxygens (including phenoxy) is 1. The lowest BCUT2D eigenvalue weighted by molar-refractivity contribution is 0.324. The number of para-hydroxylation sites is 2. The number of aromatic nitrogens is 2. The molecule has 0 saturated carbocycles. The van der Waals surface area contributed by atoms with Crippen molar-refractivity contribution in [1.82, 2.24) is 14.3 Å². The first-order valence-corrected chi connectivity index (χ1v) is 7.85. The Morgan fingerprint density at radius 3 is 2.71 bits per heavy atom. The van der Waals surface area contributed by atoms with Crippen molar-refractivity contribution in [2.45, 2.75) is 11.9 Å². The van der Waals surface area contributed by atoms with E-state index in [-0.39, 0.29) is 18.2 Å². The molecule has 0 aliphatic rings. The van der Waals surface area contributed by atoms with Crippen LogP contribution in [0.5, 0.6) is 5.75 Å². The number of sulfonamides is 1. The lowest BCUT2D eigenvalue weighted by Crippen LogP contribution is -2.28. The van der Waals surface area contributed by atoms with Gasteiger partial charge in [-0.3, -0.25) is 0 Å². The van der Waals surface area contributed by atoms with Gasteiger partial charge in [0.25, 0.3) is 10.0 Å². The highest BCUT2D eigenvalue weighted by Crippen LogP contribution is 2.19. The summed E-state index contributed by atoms with van der Waals surface area (Å²) in [5, 5.41) is 0.00160. The molecule has 8 heteroatoms. The lowest BCUT2D eigenvalue weighted by Gasteiger charge is -2.09. The number of hydrogen-bond donors (Lipinski definition) is 2. The Kier molecular flexibility index (Phi) is 4.49. The highest BCUT2D eigenvalue weighted by Gasteiger charge is 2.17. The van der Waals surface area contributed by atoms with Crippen LogP contribution < -0.4 is 15.2 Å². The largest absolute Gasteiger partial charge is 0.490 e. The minimum absolute atomic E-state index is 0.00160. The smallest absolute Gasteiger partial charge is 0.259 e. The highest BCUT2D eigenvalue weighted by molar-refractivity contribution is 7.89. The fraction of sp³-hybridized carbons (Fsp3) is 0.308. The second kappa shape index (κ2) is 6.15. The number of nitrogen functional groups attached to an aromatic ring is 1. The molecule has 1 aromatic carbocycles. The first kappa shape index (κ1) is 15.3. The molecule has 7 nitrogen and oxygen atoms in total. The number of rotatable bonds is 6. The van der Waals surface area contributed by atoms with Gasteiger partial charge in [-0.25, -0.2) is 18.1 Å². The Balaban J connectivity index is 1.90. The molecule has 0 aliphatic heterocycles. The molecular formula is C13H18N4O3S. The maximum absolute atomic E-state index is 12.0. The van der Waals surface area contributed by atoms with E-state index < -0.39 is 10.0 Å². The molecule has 2 aromatic rings. The van der Waals surface area contributed by atoms with Crippen molar-refractivity contribution in [2.75, 3.05) is 18.9 Å². The second-order valence-electron chi connectivity index (χ2n) is 4.52. The van der Waals surface area contributed by atoms with Crippen molar-refractivity contribution in [1.29, 1.82) is 0 Å². The third-order valence-electron chi connectivity index (χ3n) is 2.93. The summed E-state index contributed by atoms with van der Waals surface area (Å²) in [7, 11) is -1.88. The van der Waals surface area contributed by atoms with E-state index in [2.05, 4.69) is 9.71 Å². The normalized spacial score (nSPS) is 11.5. The minimum Gasteiger partial charge on any atom is -0.490 e. The summed E-state index contributed by atoms with van der Waals surface area (Å²) in [5.74, 6) is 1.16. The van der Waals surface area contributed by atoms with Gasteiger partial charge in [-0.2, -0.15) is 0 Å². The molecule has 0 saturated heterocycles. The van der Waals surface area contributed by atoms with E-state index in [0.717, 1.165) is 0 Å². The number of hydrogen-bond acceptors (Lipinski definition) is 5. The number of anilines is 1. The highest BCUT2D eigenvalue weighted by atomic mass is 32.2. The van der Waals surface area contributed by atoms with Crippen LogP contribution in [0.15, 0.2) is 35.5 Å². The van der Waals surface area contributed by atoms with E-state index in [4.69, 9.17) is 10.5 Å². The molecular weight excluding hydrogens is 292 g/mol. The number of nitrogens with zero attached hydrogens (tertiary/aromatic N) is 2. The predicted octanol–water partition coefficient (Wildman–Crippen LogP) is 0.668. The first-order chi connectivity index (χ1) is 9.90. The van der Waals surface area contributed by atoms with Crippen molar-refractivity contribution in [3.8, 4) is 5.75 Å². The van der Waals surface area contributed by atoms with E-state index in [1.165, 1.54) is 6.20 Å². The average molecular weight is 310 g/mol. The Morgan fingerprint density at radius 2 is 2.10 bits per heavy atom. The molecule has 114 valence electrons. The fourth-order valence-corrected chi connectivity index (χ4v) is 2.73. The molecule has 0 amide bonds. The zero-order valence-electron chi connectivity index (χ0n) is 11.9. The quantitative estimate of drug-likeness (QED) is 0.603. The molecule has 21 heavy (non-hydrogen) atoms. The van der Waals surface area contributed by atoms with Crippen molar-refractivity contribution < 1.29 is 13.2 Å². The Labute approximate surface area is 123 Å². The van der Waals surface area contributed by atoms with Crippen LogP contribution in [0.25, 0.3) is 0 Å². The summed E-state index contributed by atoms with van der Waals surface area (Å²) in [4.78, 5) is 3.98. The Hall–Kier alpha value is -2.06. The van der Waals surface area contributed by atoms with Crippen LogP contribution in [0.4, 0.5) is 5.69 Å². The van der Waals surface area contributed by atoms with Crippen LogP contribution >= 0.6 is 0 Å². The van der Waals surface area contributed by atoms with E-state index in [1.807, 2.05) is 0 Å². The number of aryl methyl sites for hydroxylation is 2. The van der Waals surface area contributed by atoms with Gasteiger partial charge in [0, 0.05) is 19.8 Å². The van der Waals surface area contributed by atoms with Crippen LogP contribution in [0.2, 0.25) is 0 Å². The number of nitrogens with two attached hydrogens (primary N) is 1. The van der Waals surface area contributed by atoms with Gasteiger partial charge in [0.05, 0.1) is 5.69 Å². The molecule has 1 aromatic heterocycles. The van der Waals surface area contributed by atoms with Gasteiger partial charge >= 0.3 is 0 Å². The maximum atomic E-state index is 12.0. The minimum atomic E-state index is -3.62. The summed E-state index contributed by atoms with van der Waals surface area (Å²) in [6.45, 7) is 2.05. The maximum Gasteiger partial charge on any atom is 0.259 e. The zero-order valence-corrected chi connectivity index (χ0v) is 12.7. The summed E-state index contributed by atoms with van der Waals surface area (Å²) in [6, 6.07) is 7.04. The third-order valence-corrected chi connectivity index (χ3v) is 4.26. The molecule has 0 spiro atoms. The van der Waals surface area contributed by atoms with Gasteiger partial charge < -0.3 is 15.0 Å². The predicted molar refractivity (Wildman–Crippen MR) is 79.5 cm³/mol. The number of benzene rings is 1. The average Bonchev–Trinajstić information content (AvgIpc) is 2.77. The summed E-state index contributed by atoms with van der Waals surface area (Å²) in [5.41, 5.74) is 6.24. The molecule has 1 heterocycles.